The lowest BCUT2D eigenvalue weighted by Gasteiger charge is -2.19. The number of ether oxygens (including phenoxy) is 1. The first-order chi connectivity index (χ1) is 9.44. The maximum Gasteiger partial charge on any atom is 0.250 e. The van der Waals surface area contributed by atoms with Crippen molar-refractivity contribution in [2.45, 2.75) is 26.4 Å². The normalized spacial score (nSPS) is 11.3. The van der Waals surface area contributed by atoms with Gasteiger partial charge in [0.25, 0.3) is 0 Å². The first kappa shape index (κ1) is 14.3. The molecule has 0 aliphatic rings. The van der Waals surface area contributed by atoms with Gasteiger partial charge in [-0.15, -0.1) is 0 Å². The van der Waals surface area contributed by atoms with Gasteiger partial charge < -0.3 is 10.1 Å². The molecule has 1 aromatic heterocycles. The molecule has 0 aliphatic carbocycles. The number of benzene rings is 1. The molecule has 5 heteroatoms. The van der Waals surface area contributed by atoms with E-state index in [2.05, 4.69) is 10.4 Å². The van der Waals surface area contributed by atoms with Crippen LogP contribution in [0.3, 0.4) is 0 Å². The fourth-order valence-corrected chi connectivity index (χ4v) is 1.60. The number of nitrogens with zero attached hydrogens (tertiary/aromatic N) is 2. The van der Waals surface area contributed by atoms with E-state index in [1.54, 1.807) is 10.9 Å². The van der Waals surface area contributed by atoms with Crippen LogP contribution in [0.2, 0.25) is 0 Å². The van der Waals surface area contributed by atoms with Crippen LogP contribution in [0.5, 0.6) is 0 Å². The van der Waals surface area contributed by atoms with Gasteiger partial charge in [-0.25, -0.2) is 4.68 Å². The molecule has 1 aromatic carbocycles. The first-order valence-corrected chi connectivity index (χ1v) is 6.48. The summed E-state index contributed by atoms with van der Waals surface area (Å²) < 4.78 is 7.18. The molecule has 2 rings (SSSR count). The summed E-state index contributed by atoms with van der Waals surface area (Å²) in [6.45, 7) is 5.79. The van der Waals surface area contributed by atoms with Crippen LogP contribution < -0.4 is 5.32 Å². The highest BCUT2D eigenvalue weighted by Gasteiger charge is 2.12. The lowest BCUT2D eigenvalue weighted by Crippen LogP contribution is -2.27. The van der Waals surface area contributed by atoms with Gasteiger partial charge in [0.15, 0.2) is 0 Å². The van der Waals surface area contributed by atoms with Gasteiger partial charge in [-0.05, 0) is 51.1 Å². The molecular weight excluding hydrogens is 254 g/mol. The van der Waals surface area contributed by atoms with Gasteiger partial charge in [-0.2, -0.15) is 5.10 Å². The van der Waals surface area contributed by atoms with E-state index in [-0.39, 0.29) is 18.1 Å². The molecule has 1 heterocycles. The monoisotopic (exact) mass is 273 g/mol. The first-order valence-electron chi connectivity index (χ1n) is 6.48. The van der Waals surface area contributed by atoms with Crippen LogP contribution >= 0.6 is 0 Å². The van der Waals surface area contributed by atoms with Gasteiger partial charge in [0, 0.05) is 18.1 Å². The minimum absolute atomic E-state index is 0.0460. The third-order valence-corrected chi connectivity index (χ3v) is 2.56. The molecule has 0 unspecified atom stereocenters. The predicted molar refractivity (Wildman–Crippen MR) is 77.9 cm³/mol. The van der Waals surface area contributed by atoms with E-state index in [4.69, 9.17) is 4.74 Å². The van der Waals surface area contributed by atoms with Crippen LogP contribution in [0.15, 0.2) is 42.7 Å². The Kier molecular flexibility index (Phi) is 4.20. The zero-order valence-electron chi connectivity index (χ0n) is 12.0. The van der Waals surface area contributed by atoms with Gasteiger partial charge in [-0.1, -0.05) is 0 Å². The molecule has 106 valence electrons. The summed E-state index contributed by atoms with van der Waals surface area (Å²) in [7, 11) is 0. The number of amides is 1. The second kappa shape index (κ2) is 5.88. The number of nitrogens with one attached hydrogen (secondary N) is 1. The van der Waals surface area contributed by atoms with Crippen molar-refractivity contribution in [3.63, 3.8) is 0 Å². The topological polar surface area (TPSA) is 56.1 Å². The Morgan fingerprint density at radius 1 is 1.30 bits per heavy atom. The third kappa shape index (κ3) is 4.20. The zero-order valence-corrected chi connectivity index (χ0v) is 12.0. The highest BCUT2D eigenvalue weighted by molar-refractivity contribution is 5.91. The van der Waals surface area contributed by atoms with Crippen LogP contribution in [-0.2, 0) is 9.53 Å². The van der Waals surface area contributed by atoms with E-state index in [1.165, 1.54) is 0 Å². The zero-order chi connectivity index (χ0) is 14.6. The fraction of sp³-hybridized carbons (Fsp3) is 0.333. The summed E-state index contributed by atoms with van der Waals surface area (Å²) in [4.78, 5) is 11.7. The van der Waals surface area contributed by atoms with Gasteiger partial charge in [0.1, 0.15) is 6.61 Å². The summed E-state index contributed by atoms with van der Waals surface area (Å²) in [5, 5.41) is 6.94. The highest BCUT2D eigenvalue weighted by Crippen LogP contribution is 2.13. The standard InChI is InChI=1S/C15H19N3O2/c1-15(2,3)20-11-14(19)17-12-5-7-13(8-6-12)18-10-4-9-16-18/h4-10H,11H2,1-3H3,(H,17,19). The van der Waals surface area contributed by atoms with Crippen LogP contribution in [0, 0.1) is 0 Å². The van der Waals surface area contributed by atoms with E-state index in [1.807, 2.05) is 57.3 Å². The minimum Gasteiger partial charge on any atom is -0.366 e. The summed E-state index contributed by atoms with van der Waals surface area (Å²) in [6.07, 6.45) is 3.59. The molecular formula is C15H19N3O2. The molecule has 0 spiro atoms. The third-order valence-electron chi connectivity index (χ3n) is 2.56. The quantitative estimate of drug-likeness (QED) is 0.931. The molecule has 0 aliphatic heterocycles. The Labute approximate surface area is 118 Å². The lowest BCUT2D eigenvalue weighted by atomic mass is 10.2. The van der Waals surface area contributed by atoms with Gasteiger partial charge in [-0.3, -0.25) is 4.79 Å². The van der Waals surface area contributed by atoms with E-state index in [0.717, 1.165) is 11.4 Å². The van der Waals surface area contributed by atoms with E-state index in [0.29, 0.717) is 0 Å². The van der Waals surface area contributed by atoms with Gasteiger partial charge in [0.05, 0.1) is 11.3 Å². The minimum atomic E-state index is -0.318. The number of hydrogen-bond acceptors (Lipinski definition) is 3. The van der Waals surface area contributed by atoms with E-state index in [9.17, 15) is 4.79 Å². The van der Waals surface area contributed by atoms with Crippen molar-refractivity contribution in [2.24, 2.45) is 0 Å². The molecule has 0 bridgehead atoms. The van der Waals surface area contributed by atoms with E-state index < -0.39 is 0 Å². The smallest absolute Gasteiger partial charge is 0.250 e. The summed E-state index contributed by atoms with van der Waals surface area (Å²) >= 11 is 0. The molecule has 0 saturated carbocycles. The highest BCUT2D eigenvalue weighted by atomic mass is 16.5. The van der Waals surface area contributed by atoms with Crippen molar-refractivity contribution >= 4 is 11.6 Å². The molecule has 0 atom stereocenters. The molecule has 1 amide bonds. The van der Waals surface area contributed by atoms with Crippen molar-refractivity contribution in [3.05, 3.63) is 42.7 Å². The number of carbonyl (C=O) groups is 1. The molecule has 20 heavy (non-hydrogen) atoms. The second-order valence-corrected chi connectivity index (χ2v) is 5.45. The molecule has 5 nitrogen and oxygen atoms in total. The SMILES string of the molecule is CC(C)(C)OCC(=O)Nc1ccc(-n2cccn2)cc1. The van der Waals surface area contributed by atoms with Crippen LogP contribution in [0.4, 0.5) is 5.69 Å². The van der Waals surface area contributed by atoms with Gasteiger partial charge >= 0.3 is 0 Å². The molecule has 0 fully saturated rings. The van der Waals surface area contributed by atoms with Crippen LogP contribution in [0.1, 0.15) is 20.8 Å². The number of aromatic nitrogens is 2. The number of hydrogen-bond donors (Lipinski definition) is 1. The average Bonchev–Trinajstić information content (AvgIpc) is 2.90. The second-order valence-electron chi connectivity index (χ2n) is 5.45. The summed E-state index contributed by atoms with van der Waals surface area (Å²) in [5.41, 5.74) is 1.36. The molecule has 1 N–H and O–H groups in total. The Morgan fingerprint density at radius 2 is 2.00 bits per heavy atom. The van der Waals surface area contributed by atoms with Crippen LogP contribution in [0.25, 0.3) is 5.69 Å². The van der Waals surface area contributed by atoms with Crippen molar-refractivity contribution in [3.8, 4) is 5.69 Å². The average molecular weight is 273 g/mol. The maximum absolute atomic E-state index is 11.7. The van der Waals surface area contributed by atoms with Crippen molar-refractivity contribution < 1.29 is 9.53 Å². The Morgan fingerprint density at radius 3 is 2.55 bits per heavy atom. The molecule has 2 aromatic rings. The molecule has 0 radical (unpaired) electrons. The number of carbonyl (C=O) groups excluding carboxylic acids is 1. The summed E-state index contributed by atoms with van der Waals surface area (Å²) in [5.74, 6) is -0.160. The van der Waals surface area contributed by atoms with Crippen LogP contribution in [-0.4, -0.2) is 27.9 Å². The predicted octanol–water partition coefficient (Wildman–Crippen LogP) is 2.63. The Bertz CT molecular complexity index is 554. The van der Waals surface area contributed by atoms with Gasteiger partial charge in [0.2, 0.25) is 5.91 Å². The Hall–Kier alpha value is -2.14. The summed E-state index contributed by atoms with van der Waals surface area (Å²) in [6, 6.07) is 9.33. The Balaban J connectivity index is 1.92. The fourth-order valence-electron chi connectivity index (χ4n) is 1.60. The number of anilines is 1. The van der Waals surface area contributed by atoms with Crippen molar-refractivity contribution in [1.29, 1.82) is 0 Å². The lowest BCUT2D eigenvalue weighted by molar-refractivity contribution is -0.125. The van der Waals surface area contributed by atoms with E-state index >= 15 is 0 Å². The van der Waals surface area contributed by atoms with Crippen molar-refractivity contribution in [1.82, 2.24) is 9.78 Å². The maximum atomic E-state index is 11.7. The number of rotatable bonds is 4. The largest absolute Gasteiger partial charge is 0.366 e. The van der Waals surface area contributed by atoms with Crippen molar-refractivity contribution in [2.75, 3.05) is 11.9 Å². The molecule has 0 saturated heterocycles.